The molecule has 0 spiro atoms. The van der Waals surface area contributed by atoms with Crippen LogP contribution in [-0.4, -0.2) is 20.3 Å². The first kappa shape index (κ1) is 14.0. The SMILES string of the molecule is COc1cccc([C@H](C)NCC2COc3ccccc32)c1. The van der Waals surface area contributed by atoms with Gasteiger partial charge in [0.2, 0.25) is 0 Å². The van der Waals surface area contributed by atoms with Crippen LogP contribution in [0.5, 0.6) is 11.5 Å². The van der Waals surface area contributed by atoms with Gasteiger partial charge in [-0.05, 0) is 30.7 Å². The molecule has 2 aromatic rings. The molecule has 1 heterocycles. The second-order valence-corrected chi connectivity index (χ2v) is 5.45. The van der Waals surface area contributed by atoms with E-state index in [4.69, 9.17) is 9.47 Å². The Balaban J connectivity index is 1.63. The van der Waals surface area contributed by atoms with Gasteiger partial charge in [0, 0.05) is 24.1 Å². The van der Waals surface area contributed by atoms with E-state index in [1.807, 2.05) is 24.3 Å². The lowest BCUT2D eigenvalue weighted by Crippen LogP contribution is -2.25. The zero-order chi connectivity index (χ0) is 14.7. The molecule has 0 bridgehead atoms. The minimum Gasteiger partial charge on any atom is -0.497 e. The van der Waals surface area contributed by atoms with Crippen LogP contribution in [0.4, 0.5) is 0 Å². The summed E-state index contributed by atoms with van der Waals surface area (Å²) in [5.41, 5.74) is 2.55. The van der Waals surface area contributed by atoms with Gasteiger partial charge in [-0.25, -0.2) is 0 Å². The molecule has 2 atom stereocenters. The van der Waals surface area contributed by atoms with Crippen molar-refractivity contribution in [2.24, 2.45) is 0 Å². The number of benzene rings is 2. The van der Waals surface area contributed by atoms with Crippen LogP contribution in [-0.2, 0) is 0 Å². The Bertz CT molecular complexity index is 612. The van der Waals surface area contributed by atoms with Gasteiger partial charge in [0.1, 0.15) is 11.5 Å². The monoisotopic (exact) mass is 283 g/mol. The van der Waals surface area contributed by atoms with Crippen LogP contribution < -0.4 is 14.8 Å². The van der Waals surface area contributed by atoms with Crippen LogP contribution >= 0.6 is 0 Å². The molecular formula is C18H21NO2. The summed E-state index contributed by atoms with van der Waals surface area (Å²) < 4.78 is 11.0. The second-order valence-electron chi connectivity index (χ2n) is 5.45. The Hall–Kier alpha value is -2.00. The third-order valence-electron chi connectivity index (χ3n) is 4.06. The molecular weight excluding hydrogens is 262 g/mol. The van der Waals surface area contributed by atoms with Crippen LogP contribution in [0.25, 0.3) is 0 Å². The molecule has 3 nitrogen and oxygen atoms in total. The third-order valence-corrected chi connectivity index (χ3v) is 4.06. The highest BCUT2D eigenvalue weighted by molar-refractivity contribution is 5.40. The van der Waals surface area contributed by atoms with Crippen molar-refractivity contribution < 1.29 is 9.47 Å². The van der Waals surface area contributed by atoms with Crippen molar-refractivity contribution in [3.8, 4) is 11.5 Å². The molecule has 0 saturated carbocycles. The Morgan fingerprint density at radius 2 is 2.10 bits per heavy atom. The highest BCUT2D eigenvalue weighted by Gasteiger charge is 2.23. The maximum atomic E-state index is 5.73. The van der Waals surface area contributed by atoms with Crippen LogP contribution in [0.15, 0.2) is 48.5 Å². The van der Waals surface area contributed by atoms with Gasteiger partial charge in [-0.1, -0.05) is 30.3 Å². The fourth-order valence-corrected chi connectivity index (χ4v) is 2.75. The van der Waals surface area contributed by atoms with Crippen molar-refractivity contribution in [1.29, 1.82) is 0 Å². The first-order valence-electron chi connectivity index (χ1n) is 7.37. The molecule has 0 aliphatic carbocycles. The number of rotatable bonds is 5. The Kier molecular flexibility index (Phi) is 4.11. The van der Waals surface area contributed by atoms with Crippen LogP contribution in [0.2, 0.25) is 0 Å². The van der Waals surface area contributed by atoms with Gasteiger partial charge in [0.25, 0.3) is 0 Å². The number of fused-ring (bicyclic) bond motifs is 1. The summed E-state index contributed by atoms with van der Waals surface area (Å²) in [6.45, 7) is 3.85. The van der Waals surface area contributed by atoms with Crippen molar-refractivity contribution in [3.63, 3.8) is 0 Å². The maximum absolute atomic E-state index is 5.73. The van der Waals surface area contributed by atoms with Gasteiger partial charge >= 0.3 is 0 Å². The van der Waals surface area contributed by atoms with E-state index in [9.17, 15) is 0 Å². The Morgan fingerprint density at radius 3 is 2.95 bits per heavy atom. The number of para-hydroxylation sites is 1. The molecule has 3 rings (SSSR count). The molecule has 0 radical (unpaired) electrons. The van der Waals surface area contributed by atoms with Gasteiger partial charge in [0.05, 0.1) is 13.7 Å². The minimum absolute atomic E-state index is 0.285. The fourth-order valence-electron chi connectivity index (χ4n) is 2.75. The summed E-state index contributed by atoms with van der Waals surface area (Å²) in [5, 5.41) is 3.60. The summed E-state index contributed by atoms with van der Waals surface area (Å²) >= 11 is 0. The summed E-state index contributed by atoms with van der Waals surface area (Å²) in [4.78, 5) is 0. The zero-order valence-corrected chi connectivity index (χ0v) is 12.5. The highest BCUT2D eigenvalue weighted by Crippen LogP contribution is 2.33. The van der Waals surface area contributed by atoms with Gasteiger partial charge in [-0.3, -0.25) is 0 Å². The van der Waals surface area contributed by atoms with E-state index in [0.717, 1.165) is 24.7 Å². The van der Waals surface area contributed by atoms with E-state index in [0.29, 0.717) is 5.92 Å². The number of methoxy groups -OCH3 is 1. The predicted molar refractivity (Wildman–Crippen MR) is 84.1 cm³/mol. The molecule has 2 aromatic carbocycles. The fraction of sp³-hybridized carbons (Fsp3) is 0.333. The van der Waals surface area contributed by atoms with Crippen LogP contribution in [0, 0.1) is 0 Å². The Labute approximate surface area is 125 Å². The first-order valence-corrected chi connectivity index (χ1v) is 7.37. The van der Waals surface area contributed by atoms with Crippen LogP contribution in [0.1, 0.15) is 30.0 Å². The number of hydrogen-bond donors (Lipinski definition) is 1. The summed E-state index contributed by atoms with van der Waals surface area (Å²) in [5.74, 6) is 2.35. The van der Waals surface area contributed by atoms with E-state index in [1.165, 1.54) is 11.1 Å². The number of ether oxygens (including phenoxy) is 2. The van der Waals surface area contributed by atoms with E-state index >= 15 is 0 Å². The molecule has 1 unspecified atom stereocenters. The molecule has 3 heteroatoms. The Morgan fingerprint density at radius 1 is 1.24 bits per heavy atom. The molecule has 0 aromatic heterocycles. The average Bonchev–Trinajstić information content (AvgIpc) is 2.96. The number of hydrogen-bond acceptors (Lipinski definition) is 3. The molecule has 0 fully saturated rings. The summed E-state index contributed by atoms with van der Waals surface area (Å²) in [7, 11) is 1.70. The lowest BCUT2D eigenvalue weighted by atomic mass is 10.0. The summed E-state index contributed by atoms with van der Waals surface area (Å²) in [6.07, 6.45) is 0. The molecule has 1 N–H and O–H groups in total. The molecule has 1 aliphatic rings. The maximum Gasteiger partial charge on any atom is 0.122 e. The third kappa shape index (κ3) is 3.03. The van der Waals surface area contributed by atoms with Crippen molar-refractivity contribution in [1.82, 2.24) is 5.32 Å². The zero-order valence-electron chi connectivity index (χ0n) is 12.5. The standard InChI is InChI=1S/C18H21NO2/c1-13(14-6-5-7-16(10-14)20-2)19-11-15-12-21-18-9-4-3-8-17(15)18/h3-10,13,15,19H,11-12H2,1-2H3/t13-,15?/m0/s1. The molecule has 0 saturated heterocycles. The molecule has 1 aliphatic heterocycles. The predicted octanol–water partition coefficient (Wildman–Crippen LogP) is 3.52. The quantitative estimate of drug-likeness (QED) is 0.910. The largest absolute Gasteiger partial charge is 0.497 e. The lowest BCUT2D eigenvalue weighted by molar-refractivity contribution is 0.323. The van der Waals surface area contributed by atoms with Crippen molar-refractivity contribution in [3.05, 3.63) is 59.7 Å². The molecule has 110 valence electrons. The second kappa shape index (κ2) is 6.19. The van der Waals surface area contributed by atoms with Crippen molar-refractivity contribution in [2.45, 2.75) is 18.9 Å². The lowest BCUT2D eigenvalue weighted by Gasteiger charge is -2.17. The minimum atomic E-state index is 0.285. The van der Waals surface area contributed by atoms with Crippen molar-refractivity contribution in [2.75, 3.05) is 20.3 Å². The van der Waals surface area contributed by atoms with E-state index in [-0.39, 0.29) is 6.04 Å². The summed E-state index contributed by atoms with van der Waals surface area (Å²) in [6, 6.07) is 16.8. The van der Waals surface area contributed by atoms with Gasteiger partial charge < -0.3 is 14.8 Å². The molecule has 21 heavy (non-hydrogen) atoms. The van der Waals surface area contributed by atoms with Gasteiger partial charge in [-0.2, -0.15) is 0 Å². The van der Waals surface area contributed by atoms with Gasteiger partial charge in [0.15, 0.2) is 0 Å². The number of nitrogens with one attached hydrogen (secondary N) is 1. The average molecular weight is 283 g/mol. The normalized spacial score (nSPS) is 17.9. The van der Waals surface area contributed by atoms with E-state index in [1.54, 1.807) is 7.11 Å². The highest BCUT2D eigenvalue weighted by atomic mass is 16.5. The van der Waals surface area contributed by atoms with E-state index in [2.05, 4.69) is 36.5 Å². The van der Waals surface area contributed by atoms with Gasteiger partial charge in [-0.15, -0.1) is 0 Å². The topological polar surface area (TPSA) is 30.5 Å². The van der Waals surface area contributed by atoms with Crippen molar-refractivity contribution >= 4 is 0 Å². The smallest absolute Gasteiger partial charge is 0.122 e. The van der Waals surface area contributed by atoms with Crippen LogP contribution in [0.3, 0.4) is 0 Å². The first-order chi connectivity index (χ1) is 10.3. The van der Waals surface area contributed by atoms with E-state index < -0.39 is 0 Å². The molecule has 0 amide bonds.